The number of carbonyl (C=O) groups excluding carboxylic acids is 1. The number of methoxy groups -OCH3 is 1. The molecule has 0 spiro atoms. The van der Waals surface area contributed by atoms with Gasteiger partial charge in [0.2, 0.25) is 0 Å². The first-order valence-electron chi connectivity index (χ1n) is 5.92. The lowest BCUT2D eigenvalue weighted by Crippen LogP contribution is -2.58. The topological polar surface area (TPSA) is 41.6 Å². The molecule has 1 saturated heterocycles. The fraction of sp³-hybridized carbons (Fsp3) is 0.462. The summed E-state index contributed by atoms with van der Waals surface area (Å²) in [6.07, 6.45) is 0. The molecule has 1 aliphatic rings. The average Bonchev–Trinajstić information content (AvgIpc) is 2.32. The van der Waals surface area contributed by atoms with Gasteiger partial charge in [0.25, 0.3) is 5.91 Å². The third-order valence-corrected chi connectivity index (χ3v) is 3.14. The smallest absolute Gasteiger partial charge is 0.254 e. The Labute approximate surface area is 102 Å². The van der Waals surface area contributed by atoms with Crippen LogP contribution in [0.4, 0.5) is 0 Å². The number of ether oxygens (including phenoxy) is 1. The molecule has 92 valence electrons. The Hall–Kier alpha value is -1.55. The van der Waals surface area contributed by atoms with E-state index < -0.39 is 0 Å². The molecule has 1 N–H and O–H groups in total. The molecule has 0 bridgehead atoms. The van der Waals surface area contributed by atoms with E-state index >= 15 is 0 Å². The molecule has 0 radical (unpaired) electrons. The van der Waals surface area contributed by atoms with Gasteiger partial charge in [0, 0.05) is 25.2 Å². The van der Waals surface area contributed by atoms with Crippen molar-refractivity contribution in [2.24, 2.45) is 0 Å². The summed E-state index contributed by atoms with van der Waals surface area (Å²) in [5.74, 6) is 0.872. The minimum absolute atomic E-state index is 0.0988. The van der Waals surface area contributed by atoms with E-state index in [1.165, 1.54) is 0 Å². The molecule has 0 aromatic heterocycles. The Morgan fingerprint density at radius 3 is 2.47 bits per heavy atom. The maximum absolute atomic E-state index is 12.3. The van der Waals surface area contributed by atoms with Crippen molar-refractivity contribution in [2.75, 3.05) is 26.7 Å². The van der Waals surface area contributed by atoms with Crippen molar-refractivity contribution in [3.05, 3.63) is 29.8 Å². The highest BCUT2D eigenvalue weighted by Crippen LogP contribution is 2.15. The van der Waals surface area contributed by atoms with Gasteiger partial charge in [0.15, 0.2) is 0 Å². The third kappa shape index (κ3) is 2.42. The molecule has 1 aromatic carbocycles. The van der Waals surface area contributed by atoms with Crippen molar-refractivity contribution in [2.45, 2.75) is 13.0 Å². The zero-order chi connectivity index (χ0) is 12.3. The summed E-state index contributed by atoms with van der Waals surface area (Å²) in [5.41, 5.74) is 0.722. The van der Waals surface area contributed by atoms with Crippen LogP contribution in [-0.2, 0) is 0 Å². The van der Waals surface area contributed by atoms with Gasteiger partial charge in [0.1, 0.15) is 5.75 Å². The van der Waals surface area contributed by atoms with Crippen molar-refractivity contribution in [1.82, 2.24) is 10.2 Å². The third-order valence-electron chi connectivity index (χ3n) is 3.14. The summed E-state index contributed by atoms with van der Waals surface area (Å²) < 4.78 is 5.08. The van der Waals surface area contributed by atoms with Gasteiger partial charge in [-0.3, -0.25) is 4.79 Å². The zero-order valence-electron chi connectivity index (χ0n) is 10.3. The Balaban J connectivity index is 2.10. The zero-order valence-corrected chi connectivity index (χ0v) is 10.3. The molecule has 17 heavy (non-hydrogen) atoms. The Morgan fingerprint density at radius 1 is 1.41 bits per heavy atom. The molecule has 4 heteroatoms. The highest BCUT2D eigenvalue weighted by atomic mass is 16.5. The molecule has 2 rings (SSSR count). The predicted molar refractivity (Wildman–Crippen MR) is 66.4 cm³/mol. The van der Waals surface area contributed by atoms with E-state index in [-0.39, 0.29) is 5.91 Å². The van der Waals surface area contributed by atoms with Crippen LogP contribution in [0, 0.1) is 0 Å². The molecule has 0 aliphatic carbocycles. The van der Waals surface area contributed by atoms with E-state index in [1.54, 1.807) is 7.11 Å². The summed E-state index contributed by atoms with van der Waals surface area (Å²) in [6.45, 7) is 4.56. The SMILES string of the molecule is CCN(C(=O)c1ccc(OC)cc1)C1CNC1. The minimum Gasteiger partial charge on any atom is -0.497 e. The van der Waals surface area contributed by atoms with Crippen LogP contribution >= 0.6 is 0 Å². The lowest BCUT2D eigenvalue weighted by molar-refractivity contribution is 0.0630. The van der Waals surface area contributed by atoms with Crippen LogP contribution in [0.3, 0.4) is 0 Å². The summed E-state index contributed by atoms with van der Waals surface area (Å²) in [4.78, 5) is 14.2. The number of hydrogen-bond donors (Lipinski definition) is 1. The average molecular weight is 234 g/mol. The number of rotatable bonds is 4. The van der Waals surface area contributed by atoms with Gasteiger partial charge in [-0.05, 0) is 31.2 Å². The maximum Gasteiger partial charge on any atom is 0.254 e. The maximum atomic E-state index is 12.3. The number of carbonyl (C=O) groups is 1. The van der Waals surface area contributed by atoms with Crippen LogP contribution in [0.5, 0.6) is 5.75 Å². The van der Waals surface area contributed by atoms with Crippen molar-refractivity contribution in [3.8, 4) is 5.75 Å². The largest absolute Gasteiger partial charge is 0.497 e. The van der Waals surface area contributed by atoms with E-state index in [9.17, 15) is 4.79 Å². The summed E-state index contributed by atoms with van der Waals surface area (Å²) in [7, 11) is 1.62. The minimum atomic E-state index is 0.0988. The van der Waals surface area contributed by atoms with Crippen LogP contribution < -0.4 is 10.1 Å². The number of nitrogens with one attached hydrogen (secondary N) is 1. The van der Waals surface area contributed by atoms with Crippen LogP contribution in [0.15, 0.2) is 24.3 Å². The quantitative estimate of drug-likeness (QED) is 0.849. The van der Waals surface area contributed by atoms with Crippen molar-refractivity contribution >= 4 is 5.91 Å². The predicted octanol–water partition coefficient (Wildman–Crippen LogP) is 1.13. The number of nitrogens with zero attached hydrogens (tertiary/aromatic N) is 1. The molecule has 1 aromatic rings. The Kier molecular flexibility index (Phi) is 3.64. The van der Waals surface area contributed by atoms with Crippen LogP contribution in [0.25, 0.3) is 0 Å². The first-order chi connectivity index (χ1) is 8.26. The van der Waals surface area contributed by atoms with E-state index in [0.717, 1.165) is 30.9 Å². The van der Waals surface area contributed by atoms with E-state index in [1.807, 2.05) is 36.1 Å². The molecule has 0 saturated carbocycles. The number of benzene rings is 1. The molecule has 4 nitrogen and oxygen atoms in total. The van der Waals surface area contributed by atoms with Gasteiger partial charge < -0.3 is 15.0 Å². The lowest BCUT2D eigenvalue weighted by Gasteiger charge is -2.37. The number of amides is 1. The Bertz CT molecular complexity index is 385. The molecular formula is C13H18N2O2. The summed E-state index contributed by atoms with van der Waals surface area (Å²) >= 11 is 0. The first-order valence-corrected chi connectivity index (χ1v) is 5.92. The molecular weight excluding hydrogens is 216 g/mol. The normalized spacial score (nSPS) is 15.2. The van der Waals surface area contributed by atoms with E-state index in [0.29, 0.717) is 6.04 Å². The highest BCUT2D eigenvalue weighted by molar-refractivity contribution is 5.94. The second-order valence-electron chi connectivity index (χ2n) is 4.13. The summed E-state index contributed by atoms with van der Waals surface area (Å²) in [6, 6.07) is 7.61. The molecule has 0 atom stereocenters. The number of likely N-dealkylation sites (N-methyl/N-ethyl adjacent to an activating group) is 1. The van der Waals surface area contributed by atoms with Gasteiger partial charge in [-0.25, -0.2) is 0 Å². The van der Waals surface area contributed by atoms with Gasteiger partial charge >= 0.3 is 0 Å². The van der Waals surface area contributed by atoms with E-state index in [2.05, 4.69) is 5.32 Å². The van der Waals surface area contributed by atoms with Gasteiger partial charge in [0.05, 0.1) is 13.2 Å². The highest BCUT2D eigenvalue weighted by Gasteiger charge is 2.27. The molecule has 0 unspecified atom stereocenters. The van der Waals surface area contributed by atoms with Crippen molar-refractivity contribution in [3.63, 3.8) is 0 Å². The fourth-order valence-corrected chi connectivity index (χ4v) is 1.96. The molecule has 1 amide bonds. The lowest BCUT2D eigenvalue weighted by atomic mass is 10.1. The second kappa shape index (κ2) is 5.19. The van der Waals surface area contributed by atoms with Gasteiger partial charge in [-0.2, -0.15) is 0 Å². The molecule has 1 fully saturated rings. The van der Waals surface area contributed by atoms with Crippen molar-refractivity contribution < 1.29 is 9.53 Å². The standard InChI is InChI=1S/C13H18N2O2/c1-3-15(11-8-14-9-11)13(16)10-4-6-12(17-2)7-5-10/h4-7,11,14H,3,8-9H2,1-2H3. The van der Waals surface area contributed by atoms with E-state index in [4.69, 9.17) is 4.74 Å². The molecule has 1 heterocycles. The second-order valence-corrected chi connectivity index (χ2v) is 4.13. The van der Waals surface area contributed by atoms with Gasteiger partial charge in [-0.15, -0.1) is 0 Å². The van der Waals surface area contributed by atoms with Crippen LogP contribution in [0.1, 0.15) is 17.3 Å². The Morgan fingerprint density at radius 2 is 2.06 bits per heavy atom. The van der Waals surface area contributed by atoms with Crippen LogP contribution in [-0.4, -0.2) is 43.6 Å². The fourth-order valence-electron chi connectivity index (χ4n) is 1.96. The monoisotopic (exact) mass is 234 g/mol. The van der Waals surface area contributed by atoms with Gasteiger partial charge in [-0.1, -0.05) is 0 Å². The first kappa shape index (κ1) is 11.9. The van der Waals surface area contributed by atoms with Crippen molar-refractivity contribution in [1.29, 1.82) is 0 Å². The van der Waals surface area contributed by atoms with Crippen LogP contribution in [0.2, 0.25) is 0 Å². The number of hydrogen-bond acceptors (Lipinski definition) is 3. The molecule has 1 aliphatic heterocycles. The summed E-state index contributed by atoms with van der Waals surface area (Å²) in [5, 5.41) is 3.19.